The van der Waals surface area contributed by atoms with Crippen molar-refractivity contribution in [1.29, 1.82) is 0 Å². The lowest BCUT2D eigenvalue weighted by atomic mass is 10.00. The molecule has 5 heterocycles. The fraction of sp³-hybridized carbons (Fsp3) is 0.310. The molecule has 218 valence electrons. The third-order valence-corrected chi connectivity index (χ3v) is 7.61. The van der Waals surface area contributed by atoms with Crippen LogP contribution in [0.25, 0.3) is 44.1 Å². The third kappa shape index (κ3) is 4.41. The molecule has 5 aromatic rings. The number of fused-ring (bicyclic) bond motifs is 4. The van der Waals surface area contributed by atoms with Gasteiger partial charge in [0.25, 0.3) is 0 Å². The summed E-state index contributed by atoms with van der Waals surface area (Å²) in [5.41, 5.74) is 1.94. The van der Waals surface area contributed by atoms with E-state index < -0.39 is 23.0 Å². The smallest absolute Gasteiger partial charge is 0.341 e. The van der Waals surface area contributed by atoms with Gasteiger partial charge in [-0.1, -0.05) is 0 Å². The molecule has 0 radical (unpaired) electrons. The van der Waals surface area contributed by atoms with Crippen LogP contribution in [0.3, 0.4) is 0 Å². The predicted molar refractivity (Wildman–Crippen MR) is 157 cm³/mol. The number of morpholine rings is 1. The minimum atomic E-state index is -1.34. The number of benzene rings is 1. The molecule has 13 heteroatoms. The highest BCUT2D eigenvalue weighted by atomic mass is 19.2. The number of rotatable bonds is 6. The zero-order valence-corrected chi connectivity index (χ0v) is 23.5. The van der Waals surface area contributed by atoms with Crippen LogP contribution in [0, 0.1) is 11.6 Å². The molecule has 3 N–H and O–H groups in total. The Bertz CT molecular complexity index is 1950. The van der Waals surface area contributed by atoms with Gasteiger partial charge in [-0.25, -0.2) is 23.5 Å². The maximum Gasteiger partial charge on any atom is 0.341 e. The largest absolute Gasteiger partial charge is 0.477 e. The Morgan fingerprint density at radius 1 is 1.24 bits per heavy atom. The van der Waals surface area contributed by atoms with Gasteiger partial charge in [-0.3, -0.25) is 4.79 Å². The molecular formula is C29H29F2N7O4. The van der Waals surface area contributed by atoms with E-state index in [1.54, 1.807) is 32.6 Å². The van der Waals surface area contributed by atoms with E-state index in [9.17, 15) is 19.1 Å². The second-order valence-corrected chi connectivity index (χ2v) is 10.7. The number of aryl methyl sites for hydroxylation is 1. The molecule has 0 amide bonds. The van der Waals surface area contributed by atoms with E-state index in [1.165, 1.54) is 10.8 Å². The first kappa shape index (κ1) is 27.5. The fourth-order valence-corrected chi connectivity index (χ4v) is 5.78. The first-order chi connectivity index (χ1) is 20.1. The molecule has 1 aliphatic heterocycles. The number of pyridine rings is 3. The number of nitrogens with one attached hydrogen (secondary N) is 2. The van der Waals surface area contributed by atoms with Gasteiger partial charge < -0.3 is 34.5 Å². The topological polar surface area (TPSA) is 129 Å². The van der Waals surface area contributed by atoms with E-state index in [-0.39, 0.29) is 22.4 Å². The van der Waals surface area contributed by atoms with E-state index in [2.05, 4.69) is 25.2 Å². The monoisotopic (exact) mass is 577 g/mol. The van der Waals surface area contributed by atoms with Crippen LogP contribution in [0.1, 0.15) is 10.4 Å². The maximum atomic E-state index is 15.6. The zero-order valence-electron chi connectivity index (χ0n) is 23.5. The summed E-state index contributed by atoms with van der Waals surface area (Å²) < 4.78 is 38.0. The number of hydrogen-bond donors (Lipinski definition) is 3. The fourth-order valence-electron chi connectivity index (χ4n) is 5.78. The highest BCUT2D eigenvalue weighted by Crippen LogP contribution is 2.43. The van der Waals surface area contributed by atoms with Crippen molar-refractivity contribution in [2.45, 2.75) is 6.10 Å². The molecule has 11 nitrogen and oxygen atoms in total. The average Bonchev–Trinajstić information content (AvgIpc) is 3.35. The molecule has 0 saturated carbocycles. The Morgan fingerprint density at radius 2 is 2.02 bits per heavy atom. The average molecular weight is 578 g/mol. The van der Waals surface area contributed by atoms with Crippen LogP contribution in [0.5, 0.6) is 0 Å². The highest BCUT2D eigenvalue weighted by Gasteiger charge is 2.29. The number of halogens is 2. The summed E-state index contributed by atoms with van der Waals surface area (Å²) in [4.78, 5) is 41.2. The van der Waals surface area contributed by atoms with Gasteiger partial charge in [-0.15, -0.1) is 0 Å². The van der Waals surface area contributed by atoms with E-state index in [0.29, 0.717) is 70.9 Å². The van der Waals surface area contributed by atoms with Gasteiger partial charge in [0.05, 0.1) is 45.8 Å². The molecule has 1 saturated heterocycles. The molecular weight excluding hydrogens is 548 g/mol. The molecule has 0 aliphatic carbocycles. The van der Waals surface area contributed by atoms with E-state index in [1.807, 2.05) is 19.0 Å². The number of likely N-dealkylation sites (N-methyl/N-ethyl adjacent to an activating group) is 1. The van der Waals surface area contributed by atoms with Crippen molar-refractivity contribution in [3.05, 3.63) is 58.1 Å². The summed E-state index contributed by atoms with van der Waals surface area (Å²) in [6, 6.07) is 2.67. The van der Waals surface area contributed by atoms with Crippen molar-refractivity contribution in [1.82, 2.24) is 24.4 Å². The maximum absolute atomic E-state index is 15.6. The van der Waals surface area contributed by atoms with Crippen molar-refractivity contribution in [2.24, 2.45) is 7.05 Å². The lowest BCUT2D eigenvalue weighted by Crippen LogP contribution is -2.46. The van der Waals surface area contributed by atoms with Gasteiger partial charge in [0.15, 0.2) is 11.6 Å². The summed E-state index contributed by atoms with van der Waals surface area (Å²) in [6.45, 7) is 1.97. The van der Waals surface area contributed by atoms with Crippen LogP contribution >= 0.6 is 0 Å². The van der Waals surface area contributed by atoms with Crippen molar-refractivity contribution >= 4 is 50.3 Å². The molecule has 0 unspecified atom stereocenters. The Kier molecular flexibility index (Phi) is 6.78. The normalized spacial score (nSPS) is 15.8. The number of carboxylic acid groups (broad SMARTS) is 1. The van der Waals surface area contributed by atoms with Crippen LogP contribution in [-0.2, 0) is 11.8 Å². The van der Waals surface area contributed by atoms with Crippen molar-refractivity contribution in [2.75, 3.05) is 57.6 Å². The summed E-state index contributed by atoms with van der Waals surface area (Å²) in [6.07, 6.45) is 4.24. The van der Waals surface area contributed by atoms with Gasteiger partial charge >= 0.3 is 5.97 Å². The van der Waals surface area contributed by atoms with Crippen LogP contribution in [-0.4, -0.2) is 89.0 Å². The molecule has 1 aromatic carbocycles. The van der Waals surface area contributed by atoms with Gasteiger partial charge in [0.1, 0.15) is 16.9 Å². The van der Waals surface area contributed by atoms with Crippen molar-refractivity contribution in [3.8, 4) is 11.1 Å². The highest BCUT2D eigenvalue weighted by molar-refractivity contribution is 6.18. The summed E-state index contributed by atoms with van der Waals surface area (Å²) in [5.74, 6) is -3.36. The number of aromatic nitrogens is 4. The molecule has 0 spiro atoms. The number of aromatic carboxylic acids is 1. The molecule has 4 aromatic heterocycles. The second kappa shape index (κ2) is 10.3. The molecule has 1 fully saturated rings. The lowest BCUT2D eigenvalue weighted by molar-refractivity contribution is 0.0249. The first-order valence-electron chi connectivity index (χ1n) is 13.3. The SMILES string of the molecule is CNc1cc(F)c(F)c2c1[nH]c1ncc(-c3cnc4c(c3)c(=O)c(C(=O)O)cn4C)c(N3CCO[C@@H](CN(C)C)C3)c12. The molecule has 0 bridgehead atoms. The minimum Gasteiger partial charge on any atom is -0.477 e. The minimum absolute atomic E-state index is 0.0483. The second-order valence-electron chi connectivity index (χ2n) is 10.7. The number of hydrogen-bond acceptors (Lipinski definition) is 8. The standard InChI is InChI=1S/C29H29F2N7O4/c1-32-20-8-19(30)23(31)21-22-25(38-5-6-42-15(12-38)11-36(2)3)17(10-33-27(22)35-24(20)21)14-7-16-26(39)18(29(40)41)13-37(4)28(16)34-9-14/h7-10,13,15,32H,5-6,11-12H2,1-4H3,(H,33,35)(H,40,41)/t15-/m0/s1. The number of carboxylic acids is 1. The van der Waals surface area contributed by atoms with Crippen LogP contribution < -0.4 is 15.6 Å². The summed E-state index contributed by atoms with van der Waals surface area (Å²) >= 11 is 0. The van der Waals surface area contributed by atoms with Gasteiger partial charge in [-0.2, -0.15) is 0 Å². The van der Waals surface area contributed by atoms with Gasteiger partial charge in [0.2, 0.25) is 5.43 Å². The van der Waals surface area contributed by atoms with Crippen LogP contribution in [0.4, 0.5) is 20.2 Å². The van der Waals surface area contributed by atoms with Crippen LogP contribution in [0.15, 0.2) is 35.5 Å². The van der Waals surface area contributed by atoms with Crippen LogP contribution in [0.2, 0.25) is 0 Å². The Hall–Kier alpha value is -4.62. The van der Waals surface area contributed by atoms with Crippen molar-refractivity contribution in [3.63, 3.8) is 0 Å². The number of nitrogens with zero attached hydrogens (tertiary/aromatic N) is 5. The quantitative estimate of drug-likeness (QED) is 0.278. The Balaban J connectivity index is 1.68. The number of ether oxygens (including phenoxy) is 1. The number of carbonyl (C=O) groups is 1. The van der Waals surface area contributed by atoms with E-state index >= 15 is 4.39 Å². The molecule has 6 rings (SSSR count). The summed E-state index contributed by atoms with van der Waals surface area (Å²) in [5, 5.41) is 13.0. The zero-order chi connectivity index (χ0) is 29.9. The molecule has 1 aliphatic rings. The number of aromatic amines is 1. The van der Waals surface area contributed by atoms with Gasteiger partial charge in [0, 0.05) is 69.5 Å². The van der Waals surface area contributed by atoms with Crippen molar-refractivity contribution < 1.29 is 23.4 Å². The predicted octanol–water partition coefficient (Wildman–Crippen LogP) is 3.41. The molecule has 42 heavy (non-hydrogen) atoms. The Morgan fingerprint density at radius 3 is 2.74 bits per heavy atom. The summed E-state index contributed by atoms with van der Waals surface area (Å²) in [7, 11) is 7.13. The number of H-pyrrole nitrogens is 1. The van der Waals surface area contributed by atoms with E-state index in [4.69, 9.17) is 4.74 Å². The third-order valence-electron chi connectivity index (χ3n) is 7.61. The Labute approximate surface area is 238 Å². The van der Waals surface area contributed by atoms with E-state index in [0.717, 1.165) is 6.07 Å². The first-order valence-corrected chi connectivity index (χ1v) is 13.3. The van der Waals surface area contributed by atoms with Gasteiger partial charge in [-0.05, 0) is 20.2 Å². The number of anilines is 2. The lowest BCUT2D eigenvalue weighted by Gasteiger charge is -2.37. The molecule has 1 atom stereocenters.